The summed E-state index contributed by atoms with van der Waals surface area (Å²) in [5.41, 5.74) is 1.41. The molecule has 6 heteroatoms. The highest BCUT2D eigenvalue weighted by atomic mass is 79.9. The third kappa shape index (κ3) is 4.05. The van der Waals surface area contributed by atoms with Crippen LogP contribution in [0.3, 0.4) is 0 Å². The van der Waals surface area contributed by atoms with Crippen LogP contribution in [0.2, 0.25) is 0 Å². The van der Waals surface area contributed by atoms with Gasteiger partial charge in [-0.1, -0.05) is 22.0 Å². The fourth-order valence-corrected chi connectivity index (χ4v) is 3.46. The van der Waals surface area contributed by atoms with E-state index in [4.69, 9.17) is 18.8 Å². The fraction of sp³-hybridized carbons (Fsp3) is 0.667. The van der Waals surface area contributed by atoms with Crippen molar-refractivity contribution < 1.29 is 18.8 Å². The van der Waals surface area contributed by atoms with Gasteiger partial charge in [0.1, 0.15) is 0 Å². The first-order chi connectivity index (χ1) is 11.3. The number of benzene rings is 1. The summed E-state index contributed by atoms with van der Waals surface area (Å²) >= 11 is 3.59. The van der Waals surface area contributed by atoms with E-state index < -0.39 is 0 Å². The summed E-state index contributed by atoms with van der Waals surface area (Å²) in [4.78, 5) is 0. The molecule has 0 bridgehead atoms. The Bertz CT molecular complexity index is 568. The summed E-state index contributed by atoms with van der Waals surface area (Å²) in [5, 5.41) is 0. The Labute approximate surface area is 153 Å². The van der Waals surface area contributed by atoms with Crippen LogP contribution in [0.15, 0.2) is 22.7 Å². The van der Waals surface area contributed by atoms with Crippen LogP contribution in [0.1, 0.15) is 52.5 Å². The van der Waals surface area contributed by atoms with Gasteiger partial charge in [-0.25, -0.2) is 0 Å². The number of rotatable bonds is 4. The lowest BCUT2D eigenvalue weighted by atomic mass is 9.78. The quantitative estimate of drug-likeness (QED) is 0.725. The van der Waals surface area contributed by atoms with Crippen molar-refractivity contribution in [3.05, 3.63) is 28.2 Å². The van der Waals surface area contributed by atoms with Crippen LogP contribution in [0.5, 0.6) is 0 Å². The maximum Gasteiger partial charge on any atom is 0.494 e. The standard InChI is InChI=1S/C18H26BBrO4/c1-17(2)18(3,4)24-19(23-17)14-9-13(10-15(20)11-14)12-22-16-7-5-6-8-21-16/h9-11,16H,5-8,12H2,1-4H3. The molecule has 3 rings (SSSR count). The summed E-state index contributed by atoms with van der Waals surface area (Å²) in [7, 11) is -0.364. The molecule has 2 fully saturated rings. The molecule has 2 heterocycles. The minimum Gasteiger partial charge on any atom is -0.399 e. The number of halogens is 1. The largest absolute Gasteiger partial charge is 0.494 e. The highest BCUT2D eigenvalue weighted by Gasteiger charge is 2.51. The molecule has 2 aliphatic heterocycles. The van der Waals surface area contributed by atoms with Crippen LogP contribution in [0, 0.1) is 0 Å². The molecule has 4 nitrogen and oxygen atoms in total. The predicted octanol–water partition coefficient (Wildman–Crippen LogP) is 3.79. The maximum absolute atomic E-state index is 6.15. The Morgan fingerprint density at radius 2 is 1.83 bits per heavy atom. The Kier molecular flexibility index (Phi) is 5.43. The smallest absolute Gasteiger partial charge is 0.399 e. The zero-order valence-electron chi connectivity index (χ0n) is 14.9. The van der Waals surface area contributed by atoms with Gasteiger partial charge in [-0.3, -0.25) is 0 Å². The molecule has 0 N–H and O–H groups in total. The Morgan fingerprint density at radius 3 is 2.46 bits per heavy atom. The summed E-state index contributed by atoms with van der Waals surface area (Å²) in [6.45, 7) is 9.58. The second-order valence-corrected chi connectivity index (χ2v) is 8.50. The Balaban J connectivity index is 1.70. The van der Waals surface area contributed by atoms with E-state index in [1.165, 1.54) is 6.42 Å². The second kappa shape index (κ2) is 7.08. The Morgan fingerprint density at radius 1 is 1.12 bits per heavy atom. The van der Waals surface area contributed by atoms with Crippen LogP contribution in [0.25, 0.3) is 0 Å². The lowest BCUT2D eigenvalue weighted by Crippen LogP contribution is -2.41. The zero-order chi connectivity index (χ0) is 17.4. The maximum atomic E-state index is 6.15. The van der Waals surface area contributed by atoms with Gasteiger partial charge in [0.25, 0.3) is 0 Å². The monoisotopic (exact) mass is 396 g/mol. The van der Waals surface area contributed by atoms with Crippen molar-refractivity contribution in [3.8, 4) is 0 Å². The third-order valence-corrected chi connectivity index (χ3v) is 5.54. The second-order valence-electron chi connectivity index (χ2n) is 7.59. The van der Waals surface area contributed by atoms with E-state index in [0.717, 1.165) is 34.9 Å². The SMILES string of the molecule is CC1(C)OB(c2cc(Br)cc(COC3CCCCO3)c2)OC1(C)C. The lowest BCUT2D eigenvalue weighted by Gasteiger charge is -2.32. The number of ether oxygens (including phenoxy) is 2. The highest BCUT2D eigenvalue weighted by molar-refractivity contribution is 9.10. The fourth-order valence-electron chi connectivity index (χ4n) is 2.91. The molecule has 1 atom stereocenters. The summed E-state index contributed by atoms with van der Waals surface area (Å²) in [6, 6.07) is 6.20. The van der Waals surface area contributed by atoms with E-state index in [-0.39, 0.29) is 24.6 Å². The van der Waals surface area contributed by atoms with Gasteiger partial charge in [-0.15, -0.1) is 0 Å². The molecule has 2 saturated heterocycles. The molecular formula is C18H26BBrO4. The van der Waals surface area contributed by atoms with Gasteiger partial charge in [0.05, 0.1) is 17.8 Å². The predicted molar refractivity (Wildman–Crippen MR) is 98.2 cm³/mol. The van der Waals surface area contributed by atoms with Crippen LogP contribution in [0.4, 0.5) is 0 Å². The van der Waals surface area contributed by atoms with Crippen molar-refractivity contribution in [1.82, 2.24) is 0 Å². The molecule has 24 heavy (non-hydrogen) atoms. The summed E-state index contributed by atoms with van der Waals surface area (Å²) in [6.07, 6.45) is 3.18. The molecule has 0 aromatic heterocycles. The normalized spacial score (nSPS) is 25.9. The summed E-state index contributed by atoms with van der Waals surface area (Å²) in [5.74, 6) is 0. The highest BCUT2D eigenvalue weighted by Crippen LogP contribution is 2.36. The minimum absolute atomic E-state index is 0.0852. The van der Waals surface area contributed by atoms with E-state index in [1.54, 1.807) is 0 Å². The Hall–Kier alpha value is -0.395. The van der Waals surface area contributed by atoms with E-state index in [0.29, 0.717) is 6.61 Å². The molecule has 1 aromatic carbocycles. The topological polar surface area (TPSA) is 36.9 Å². The van der Waals surface area contributed by atoms with Gasteiger partial charge in [0.2, 0.25) is 0 Å². The van der Waals surface area contributed by atoms with E-state index in [9.17, 15) is 0 Å². The van der Waals surface area contributed by atoms with Crippen LogP contribution < -0.4 is 5.46 Å². The van der Waals surface area contributed by atoms with Crippen LogP contribution in [-0.4, -0.2) is 31.2 Å². The first-order valence-corrected chi connectivity index (χ1v) is 9.44. The van der Waals surface area contributed by atoms with E-state index in [2.05, 4.69) is 55.8 Å². The first kappa shape index (κ1) is 18.4. The zero-order valence-corrected chi connectivity index (χ0v) is 16.5. The molecule has 0 spiro atoms. The minimum atomic E-state index is -0.364. The van der Waals surface area contributed by atoms with Crippen LogP contribution in [-0.2, 0) is 25.4 Å². The van der Waals surface area contributed by atoms with Crippen molar-refractivity contribution in [2.45, 2.75) is 71.1 Å². The van der Waals surface area contributed by atoms with Crippen molar-refractivity contribution in [2.75, 3.05) is 6.61 Å². The van der Waals surface area contributed by atoms with Gasteiger partial charge in [-0.05, 0) is 70.1 Å². The molecule has 2 aliphatic rings. The molecule has 0 radical (unpaired) electrons. The average Bonchev–Trinajstić information content (AvgIpc) is 2.74. The molecule has 1 unspecified atom stereocenters. The third-order valence-electron chi connectivity index (χ3n) is 5.08. The van der Waals surface area contributed by atoms with Crippen molar-refractivity contribution in [1.29, 1.82) is 0 Å². The molecule has 0 saturated carbocycles. The molecule has 132 valence electrons. The first-order valence-electron chi connectivity index (χ1n) is 8.65. The van der Waals surface area contributed by atoms with Gasteiger partial charge in [0, 0.05) is 11.1 Å². The lowest BCUT2D eigenvalue weighted by molar-refractivity contribution is -0.168. The molecule has 0 amide bonds. The molecular weight excluding hydrogens is 371 g/mol. The van der Waals surface area contributed by atoms with Crippen LogP contribution >= 0.6 is 15.9 Å². The number of hydrogen-bond donors (Lipinski definition) is 0. The summed E-state index contributed by atoms with van der Waals surface area (Å²) < 4.78 is 24.8. The van der Waals surface area contributed by atoms with E-state index >= 15 is 0 Å². The van der Waals surface area contributed by atoms with Crippen molar-refractivity contribution >= 4 is 28.5 Å². The van der Waals surface area contributed by atoms with E-state index in [1.807, 2.05) is 6.07 Å². The van der Waals surface area contributed by atoms with Gasteiger partial charge in [0.15, 0.2) is 6.29 Å². The van der Waals surface area contributed by atoms with Crippen molar-refractivity contribution in [2.24, 2.45) is 0 Å². The number of hydrogen-bond acceptors (Lipinski definition) is 4. The molecule has 0 aliphatic carbocycles. The van der Waals surface area contributed by atoms with Crippen molar-refractivity contribution in [3.63, 3.8) is 0 Å². The van der Waals surface area contributed by atoms with Gasteiger partial charge < -0.3 is 18.8 Å². The van der Waals surface area contributed by atoms with Gasteiger partial charge in [-0.2, -0.15) is 0 Å². The van der Waals surface area contributed by atoms with Gasteiger partial charge >= 0.3 is 7.12 Å². The molecule has 1 aromatic rings. The average molecular weight is 397 g/mol.